The lowest BCUT2D eigenvalue weighted by Gasteiger charge is -2.17. The Hall–Kier alpha value is -1.80. The van der Waals surface area contributed by atoms with Crippen LogP contribution in [0.15, 0.2) is 48.5 Å². The fourth-order valence-electron chi connectivity index (χ4n) is 2.42. The van der Waals surface area contributed by atoms with Crippen molar-refractivity contribution >= 4 is 0 Å². The zero-order chi connectivity index (χ0) is 15.2. The van der Waals surface area contributed by atoms with E-state index >= 15 is 0 Å². The van der Waals surface area contributed by atoms with Crippen LogP contribution in [0.2, 0.25) is 0 Å². The molecule has 2 nitrogen and oxygen atoms in total. The van der Waals surface area contributed by atoms with Gasteiger partial charge >= 0.3 is 0 Å². The fourth-order valence-corrected chi connectivity index (χ4v) is 2.42. The molecule has 2 atom stereocenters. The van der Waals surface area contributed by atoms with Crippen LogP contribution in [0.4, 0.5) is 0 Å². The molecule has 2 heteroatoms. The van der Waals surface area contributed by atoms with E-state index in [0.29, 0.717) is 12.5 Å². The number of aliphatic hydroxyl groups is 1. The van der Waals surface area contributed by atoms with E-state index in [4.69, 9.17) is 4.74 Å². The van der Waals surface area contributed by atoms with Gasteiger partial charge in [-0.15, -0.1) is 0 Å². The van der Waals surface area contributed by atoms with Crippen LogP contribution in [0.3, 0.4) is 0 Å². The third kappa shape index (κ3) is 3.64. The standard InChI is InChI=1S/C19H24O2/c1-4-14(3)15-10-12-16(13-11-15)19(20)17-8-6-7-9-18(17)21-5-2/h6-14,19-20H,4-5H2,1-3H3. The van der Waals surface area contributed by atoms with Crippen molar-refractivity contribution < 1.29 is 9.84 Å². The highest BCUT2D eigenvalue weighted by Crippen LogP contribution is 2.30. The molecule has 0 heterocycles. The summed E-state index contributed by atoms with van der Waals surface area (Å²) in [7, 11) is 0. The number of para-hydroxylation sites is 1. The zero-order valence-corrected chi connectivity index (χ0v) is 13.0. The lowest BCUT2D eigenvalue weighted by molar-refractivity contribution is 0.212. The lowest BCUT2D eigenvalue weighted by atomic mass is 9.94. The number of ether oxygens (including phenoxy) is 1. The molecule has 112 valence electrons. The van der Waals surface area contributed by atoms with Crippen molar-refractivity contribution in [2.75, 3.05) is 6.61 Å². The first-order valence-corrected chi connectivity index (χ1v) is 7.67. The minimum Gasteiger partial charge on any atom is -0.493 e. The first kappa shape index (κ1) is 15.6. The highest BCUT2D eigenvalue weighted by atomic mass is 16.5. The van der Waals surface area contributed by atoms with Gasteiger partial charge in [-0.2, -0.15) is 0 Å². The van der Waals surface area contributed by atoms with Gasteiger partial charge < -0.3 is 9.84 Å². The Bertz CT molecular complexity index is 560. The van der Waals surface area contributed by atoms with Gasteiger partial charge in [0.2, 0.25) is 0 Å². The van der Waals surface area contributed by atoms with Gasteiger partial charge in [0, 0.05) is 5.56 Å². The third-order valence-electron chi connectivity index (χ3n) is 3.95. The molecule has 0 aliphatic rings. The van der Waals surface area contributed by atoms with Crippen LogP contribution in [0.5, 0.6) is 5.75 Å². The van der Waals surface area contributed by atoms with Crippen molar-refractivity contribution in [1.29, 1.82) is 0 Å². The molecule has 0 radical (unpaired) electrons. The molecule has 0 aliphatic heterocycles. The maximum Gasteiger partial charge on any atom is 0.125 e. The zero-order valence-electron chi connectivity index (χ0n) is 13.0. The van der Waals surface area contributed by atoms with E-state index in [1.54, 1.807) is 0 Å². The Labute approximate surface area is 127 Å². The summed E-state index contributed by atoms with van der Waals surface area (Å²) in [6.07, 6.45) is 0.466. The minimum absolute atomic E-state index is 0.548. The predicted octanol–water partition coefficient (Wildman–Crippen LogP) is 4.68. The van der Waals surface area contributed by atoms with Crippen LogP contribution < -0.4 is 4.74 Å². The summed E-state index contributed by atoms with van der Waals surface area (Å²) in [4.78, 5) is 0. The average molecular weight is 284 g/mol. The Morgan fingerprint density at radius 1 is 0.952 bits per heavy atom. The minimum atomic E-state index is -0.654. The van der Waals surface area contributed by atoms with Gasteiger partial charge in [-0.1, -0.05) is 56.3 Å². The second-order valence-electron chi connectivity index (χ2n) is 5.35. The summed E-state index contributed by atoms with van der Waals surface area (Å²) >= 11 is 0. The van der Waals surface area contributed by atoms with Crippen molar-refractivity contribution in [1.82, 2.24) is 0 Å². The number of hydrogen-bond donors (Lipinski definition) is 1. The molecule has 0 fully saturated rings. The van der Waals surface area contributed by atoms with Gasteiger partial charge in [0.15, 0.2) is 0 Å². The van der Waals surface area contributed by atoms with Crippen molar-refractivity contribution in [2.24, 2.45) is 0 Å². The number of benzene rings is 2. The first-order chi connectivity index (χ1) is 10.2. The summed E-state index contributed by atoms with van der Waals surface area (Å²) in [5, 5.41) is 10.6. The Kier molecular flexibility index (Phi) is 5.40. The highest BCUT2D eigenvalue weighted by molar-refractivity contribution is 5.41. The van der Waals surface area contributed by atoms with Crippen molar-refractivity contribution in [3.05, 3.63) is 65.2 Å². The topological polar surface area (TPSA) is 29.5 Å². The van der Waals surface area contributed by atoms with E-state index in [-0.39, 0.29) is 0 Å². The number of rotatable bonds is 6. The molecule has 0 saturated carbocycles. The van der Waals surface area contributed by atoms with E-state index in [1.807, 2.05) is 43.3 Å². The van der Waals surface area contributed by atoms with Gasteiger partial charge in [0.25, 0.3) is 0 Å². The molecule has 2 unspecified atom stereocenters. The van der Waals surface area contributed by atoms with Crippen molar-refractivity contribution in [3.63, 3.8) is 0 Å². The molecule has 0 saturated heterocycles. The Balaban J connectivity index is 2.25. The molecule has 2 rings (SSSR count). The van der Waals surface area contributed by atoms with Crippen LogP contribution in [0, 0.1) is 0 Å². The van der Waals surface area contributed by atoms with E-state index in [9.17, 15) is 5.11 Å². The van der Waals surface area contributed by atoms with Gasteiger partial charge in [-0.05, 0) is 36.5 Å². The van der Waals surface area contributed by atoms with Gasteiger partial charge in [0.1, 0.15) is 11.9 Å². The Morgan fingerprint density at radius 3 is 2.19 bits per heavy atom. The van der Waals surface area contributed by atoms with E-state index < -0.39 is 6.10 Å². The summed E-state index contributed by atoms with van der Waals surface area (Å²) in [6.45, 7) is 6.95. The second-order valence-corrected chi connectivity index (χ2v) is 5.35. The largest absolute Gasteiger partial charge is 0.493 e. The molecule has 2 aromatic carbocycles. The molecule has 2 aromatic rings. The summed E-state index contributed by atoms with van der Waals surface area (Å²) < 4.78 is 5.60. The third-order valence-corrected chi connectivity index (χ3v) is 3.95. The van der Waals surface area contributed by atoms with Crippen molar-refractivity contribution in [3.8, 4) is 5.75 Å². The molecule has 1 N–H and O–H groups in total. The molecule has 21 heavy (non-hydrogen) atoms. The van der Waals surface area contributed by atoms with Crippen LogP contribution in [0.25, 0.3) is 0 Å². The SMILES string of the molecule is CCOc1ccccc1C(O)c1ccc(C(C)CC)cc1. The molecule has 0 bridgehead atoms. The normalized spacial score (nSPS) is 13.7. The molecular weight excluding hydrogens is 260 g/mol. The smallest absolute Gasteiger partial charge is 0.125 e. The highest BCUT2D eigenvalue weighted by Gasteiger charge is 2.15. The lowest BCUT2D eigenvalue weighted by Crippen LogP contribution is -2.04. The predicted molar refractivity (Wildman–Crippen MR) is 86.8 cm³/mol. The van der Waals surface area contributed by atoms with Crippen LogP contribution >= 0.6 is 0 Å². The molecule has 0 spiro atoms. The maximum absolute atomic E-state index is 10.6. The van der Waals surface area contributed by atoms with Crippen LogP contribution in [-0.2, 0) is 0 Å². The molecular formula is C19H24O2. The van der Waals surface area contributed by atoms with Gasteiger partial charge in [0.05, 0.1) is 6.61 Å². The number of aliphatic hydroxyl groups excluding tert-OH is 1. The Morgan fingerprint density at radius 2 is 1.57 bits per heavy atom. The van der Waals surface area contributed by atoms with Crippen LogP contribution in [-0.4, -0.2) is 11.7 Å². The fraction of sp³-hybridized carbons (Fsp3) is 0.368. The first-order valence-electron chi connectivity index (χ1n) is 7.67. The average Bonchev–Trinajstić information content (AvgIpc) is 2.54. The van der Waals surface area contributed by atoms with Gasteiger partial charge in [-0.25, -0.2) is 0 Å². The van der Waals surface area contributed by atoms with Crippen LogP contribution in [0.1, 0.15) is 55.9 Å². The molecule has 0 aromatic heterocycles. The monoisotopic (exact) mass is 284 g/mol. The van der Waals surface area contributed by atoms with E-state index in [1.165, 1.54) is 5.56 Å². The molecule has 0 amide bonds. The summed E-state index contributed by atoms with van der Waals surface area (Å²) in [6, 6.07) is 15.9. The second kappa shape index (κ2) is 7.28. The maximum atomic E-state index is 10.6. The molecule has 0 aliphatic carbocycles. The quantitative estimate of drug-likeness (QED) is 0.834. The van der Waals surface area contributed by atoms with E-state index in [0.717, 1.165) is 23.3 Å². The number of hydrogen-bond acceptors (Lipinski definition) is 2. The van der Waals surface area contributed by atoms with Gasteiger partial charge in [-0.3, -0.25) is 0 Å². The van der Waals surface area contributed by atoms with E-state index in [2.05, 4.69) is 26.0 Å². The van der Waals surface area contributed by atoms with Crippen molar-refractivity contribution in [2.45, 2.75) is 39.2 Å². The summed E-state index contributed by atoms with van der Waals surface area (Å²) in [5.41, 5.74) is 3.02. The summed E-state index contributed by atoms with van der Waals surface area (Å²) in [5.74, 6) is 1.30.